The van der Waals surface area contributed by atoms with Crippen molar-refractivity contribution in [2.24, 2.45) is 5.73 Å². The lowest BCUT2D eigenvalue weighted by molar-refractivity contribution is -0.138. The SMILES string of the molecule is Cl.NC(Cc1cc(Cl)ccc1Cl)C(=O)O. The molecule has 1 atom stereocenters. The van der Waals surface area contributed by atoms with E-state index in [1.165, 1.54) is 0 Å². The highest BCUT2D eigenvalue weighted by Gasteiger charge is 2.14. The van der Waals surface area contributed by atoms with E-state index in [-0.39, 0.29) is 18.8 Å². The summed E-state index contributed by atoms with van der Waals surface area (Å²) in [5.74, 6) is -1.05. The van der Waals surface area contributed by atoms with E-state index >= 15 is 0 Å². The van der Waals surface area contributed by atoms with Gasteiger partial charge in [0.2, 0.25) is 0 Å². The first-order valence-corrected chi connectivity index (χ1v) is 4.68. The van der Waals surface area contributed by atoms with Crippen molar-refractivity contribution < 1.29 is 9.90 Å². The molecule has 0 saturated carbocycles. The summed E-state index contributed by atoms with van der Waals surface area (Å²) < 4.78 is 0. The Kier molecular flexibility index (Phi) is 5.98. The maximum absolute atomic E-state index is 10.5. The largest absolute Gasteiger partial charge is 0.480 e. The summed E-state index contributed by atoms with van der Waals surface area (Å²) in [6.45, 7) is 0. The van der Waals surface area contributed by atoms with Crippen LogP contribution >= 0.6 is 35.6 Å². The minimum Gasteiger partial charge on any atom is -0.480 e. The third-order valence-corrected chi connectivity index (χ3v) is 2.37. The highest BCUT2D eigenvalue weighted by atomic mass is 35.5. The van der Waals surface area contributed by atoms with Crippen LogP contribution in [0.3, 0.4) is 0 Å². The van der Waals surface area contributed by atoms with E-state index in [1.807, 2.05) is 0 Å². The number of benzene rings is 1. The fraction of sp³-hybridized carbons (Fsp3) is 0.222. The zero-order valence-corrected chi connectivity index (χ0v) is 9.94. The maximum Gasteiger partial charge on any atom is 0.320 e. The number of carboxylic acids is 1. The van der Waals surface area contributed by atoms with Crippen molar-refractivity contribution >= 4 is 41.6 Å². The van der Waals surface area contributed by atoms with E-state index in [0.717, 1.165) is 0 Å². The first kappa shape index (κ1) is 14.5. The Hall–Kier alpha value is -0.480. The molecule has 0 heterocycles. The van der Waals surface area contributed by atoms with E-state index in [0.29, 0.717) is 15.6 Å². The molecule has 1 aromatic rings. The number of hydrogen-bond donors (Lipinski definition) is 2. The number of halogens is 3. The summed E-state index contributed by atoms with van der Waals surface area (Å²) >= 11 is 11.6. The number of rotatable bonds is 3. The normalized spacial score (nSPS) is 11.7. The average molecular weight is 271 g/mol. The van der Waals surface area contributed by atoms with Gasteiger partial charge in [-0.05, 0) is 30.2 Å². The molecule has 0 aromatic heterocycles. The minimum absolute atomic E-state index is 0. The van der Waals surface area contributed by atoms with Crippen LogP contribution in [-0.2, 0) is 11.2 Å². The van der Waals surface area contributed by atoms with Crippen molar-refractivity contribution in [2.45, 2.75) is 12.5 Å². The summed E-state index contributed by atoms with van der Waals surface area (Å²) in [5, 5.41) is 9.60. The Labute approximate surface area is 104 Å². The minimum atomic E-state index is -1.05. The molecule has 0 radical (unpaired) electrons. The van der Waals surface area contributed by atoms with Crippen LogP contribution in [0.4, 0.5) is 0 Å². The van der Waals surface area contributed by atoms with Gasteiger partial charge < -0.3 is 10.8 Å². The molecule has 0 bridgehead atoms. The highest BCUT2D eigenvalue weighted by Crippen LogP contribution is 2.21. The van der Waals surface area contributed by atoms with Gasteiger partial charge in [0.05, 0.1) is 0 Å². The molecule has 0 amide bonds. The van der Waals surface area contributed by atoms with Gasteiger partial charge in [-0.2, -0.15) is 0 Å². The van der Waals surface area contributed by atoms with Crippen LogP contribution in [0.1, 0.15) is 5.56 Å². The number of aliphatic carboxylic acids is 1. The van der Waals surface area contributed by atoms with Gasteiger partial charge in [-0.3, -0.25) is 4.79 Å². The van der Waals surface area contributed by atoms with Crippen LogP contribution in [0.15, 0.2) is 18.2 Å². The van der Waals surface area contributed by atoms with Gasteiger partial charge in [0, 0.05) is 10.0 Å². The lowest BCUT2D eigenvalue weighted by Crippen LogP contribution is -2.32. The predicted octanol–water partition coefficient (Wildman–Crippen LogP) is 2.37. The van der Waals surface area contributed by atoms with Gasteiger partial charge in [0.1, 0.15) is 6.04 Å². The highest BCUT2D eigenvalue weighted by molar-refractivity contribution is 6.33. The standard InChI is InChI=1S/C9H9Cl2NO2.ClH/c10-6-1-2-7(11)5(3-6)4-8(12)9(13)14;/h1-3,8H,4,12H2,(H,13,14);1H. The second kappa shape index (κ2) is 6.18. The smallest absolute Gasteiger partial charge is 0.320 e. The molecule has 0 aliphatic carbocycles. The Balaban J connectivity index is 0.00000196. The molecule has 0 fully saturated rings. The summed E-state index contributed by atoms with van der Waals surface area (Å²) in [4.78, 5) is 10.5. The van der Waals surface area contributed by atoms with Crippen LogP contribution in [0.2, 0.25) is 10.0 Å². The zero-order valence-electron chi connectivity index (χ0n) is 7.61. The van der Waals surface area contributed by atoms with Crippen LogP contribution in [0, 0.1) is 0 Å². The summed E-state index contributed by atoms with van der Waals surface area (Å²) in [7, 11) is 0. The van der Waals surface area contributed by atoms with E-state index in [1.54, 1.807) is 18.2 Å². The monoisotopic (exact) mass is 269 g/mol. The fourth-order valence-corrected chi connectivity index (χ4v) is 1.41. The summed E-state index contributed by atoms with van der Waals surface area (Å²) in [5.41, 5.74) is 6.01. The quantitative estimate of drug-likeness (QED) is 0.886. The lowest BCUT2D eigenvalue weighted by atomic mass is 10.1. The number of carbonyl (C=O) groups is 1. The average Bonchev–Trinajstić information content (AvgIpc) is 2.11. The summed E-state index contributed by atoms with van der Waals surface area (Å²) in [6, 6.07) is 3.92. The Morgan fingerprint density at radius 2 is 2.07 bits per heavy atom. The van der Waals surface area contributed by atoms with Crippen molar-refractivity contribution in [1.82, 2.24) is 0 Å². The second-order valence-electron chi connectivity index (χ2n) is 2.88. The van der Waals surface area contributed by atoms with Crippen molar-refractivity contribution in [3.63, 3.8) is 0 Å². The first-order chi connectivity index (χ1) is 6.50. The maximum atomic E-state index is 10.5. The number of hydrogen-bond acceptors (Lipinski definition) is 2. The molecule has 1 aromatic carbocycles. The van der Waals surface area contributed by atoms with Crippen molar-refractivity contribution in [2.75, 3.05) is 0 Å². The number of carboxylic acid groups (broad SMARTS) is 1. The molecule has 3 N–H and O–H groups in total. The van der Waals surface area contributed by atoms with Gasteiger partial charge in [0.15, 0.2) is 0 Å². The lowest BCUT2D eigenvalue weighted by Gasteiger charge is -2.08. The van der Waals surface area contributed by atoms with Gasteiger partial charge in [-0.1, -0.05) is 23.2 Å². The molecule has 3 nitrogen and oxygen atoms in total. The molecule has 84 valence electrons. The van der Waals surface area contributed by atoms with Crippen molar-refractivity contribution in [3.05, 3.63) is 33.8 Å². The van der Waals surface area contributed by atoms with E-state index in [2.05, 4.69) is 0 Å². The molecule has 0 aliphatic heterocycles. The first-order valence-electron chi connectivity index (χ1n) is 3.93. The predicted molar refractivity (Wildman–Crippen MR) is 63.0 cm³/mol. The summed E-state index contributed by atoms with van der Waals surface area (Å²) in [6.07, 6.45) is 0.175. The molecule has 15 heavy (non-hydrogen) atoms. The van der Waals surface area contributed by atoms with Crippen LogP contribution < -0.4 is 5.73 Å². The van der Waals surface area contributed by atoms with Crippen LogP contribution in [0.5, 0.6) is 0 Å². The van der Waals surface area contributed by atoms with Crippen molar-refractivity contribution in [3.8, 4) is 0 Å². The molecule has 0 aliphatic rings. The molecule has 1 unspecified atom stereocenters. The van der Waals surface area contributed by atoms with Gasteiger partial charge in [0.25, 0.3) is 0 Å². The number of nitrogens with two attached hydrogens (primary N) is 1. The fourth-order valence-electron chi connectivity index (χ4n) is 1.02. The van der Waals surface area contributed by atoms with Crippen molar-refractivity contribution in [1.29, 1.82) is 0 Å². The molecular formula is C9H10Cl3NO2. The molecular weight excluding hydrogens is 260 g/mol. The topological polar surface area (TPSA) is 63.3 Å². The molecule has 0 saturated heterocycles. The van der Waals surface area contributed by atoms with Crippen LogP contribution in [0.25, 0.3) is 0 Å². The Bertz CT molecular complexity index is 357. The van der Waals surface area contributed by atoms with Crippen LogP contribution in [-0.4, -0.2) is 17.1 Å². The third-order valence-electron chi connectivity index (χ3n) is 1.76. The van der Waals surface area contributed by atoms with Gasteiger partial charge in [-0.15, -0.1) is 12.4 Å². The molecule has 0 spiro atoms. The van der Waals surface area contributed by atoms with E-state index in [9.17, 15) is 4.79 Å². The molecule has 6 heteroatoms. The van der Waals surface area contributed by atoms with E-state index in [4.69, 9.17) is 34.0 Å². The Morgan fingerprint density at radius 1 is 1.47 bits per heavy atom. The molecule has 1 rings (SSSR count). The second-order valence-corrected chi connectivity index (χ2v) is 3.73. The zero-order chi connectivity index (χ0) is 10.7. The Morgan fingerprint density at radius 3 is 2.60 bits per heavy atom. The third kappa shape index (κ3) is 4.26. The van der Waals surface area contributed by atoms with Gasteiger partial charge in [-0.25, -0.2) is 0 Å². The van der Waals surface area contributed by atoms with Gasteiger partial charge >= 0.3 is 5.97 Å². The van der Waals surface area contributed by atoms with E-state index < -0.39 is 12.0 Å².